The molecule has 0 saturated heterocycles. The van der Waals surface area contributed by atoms with Crippen LogP contribution in [0.2, 0.25) is 0 Å². The van der Waals surface area contributed by atoms with Crippen molar-refractivity contribution in [3.63, 3.8) is 0 Å². The molecule has 5 nitrogen and oxygen atoms in total. The van der Waals surface area contributed by atoms with Gasteiger partial charge in [0.15, 0.2) is 5.82 Å². The summed E-state index contributed by atoms with van der Waals surface area (Å²) in [5, 5.41) is 6.84. The fourth-order valence-electron chi connectivity index (χ4n) is 1.64. The van der Waals surface area contributed by atoms with E-state index in [1.807, 2.05) is 0 Å². The van der Waals surface area contributed by atoms with Gasteiger partial charge in [-0.2, -0.15) is 5.10 Å². The summed E-state index contributed by atoms with van der Waals surface area (Å²) in [5.41, 5.74) is 0.576. The van der Waals surface area contributed by atoms with E-state index in [-0.39, 0.29) is 5.91 Å². The van der Waals surface area contributed by atoms with E-state index < -0.39 is 0 Å². The van der Waals surface area contributed by atoms with Crippen molar-refractivity contribution in [1.29, 1.82) is 0 Å². The molecule has 1 aromatic carbocycles. The summed E-state index contributed by atoms with van der Waals surface area (Å²) in [6.07, 6.45) is 1.78. The van der Waals surface area contributed by atoms with Crippen molar-refractivity contribution < 1.29 is 9.53 Å². The highest BCUT2D eigenvalue weighted by atomic mass is 16.5. The summed E-state index contributed by atoms with van der Waals surface area (Å²) in [6, 6.07) is 8.84. The minimum absolute atomic E-state index is 0.181. The van der Waals surface area contributed by atoms with E-state index in [1.165, 1.54) is 0 Å². The van der Waals surface area contributed by atoms with Crippen LogP contribution in [-0.2, 0) is 7.05 Å². The second kappa shape index (κ2) is 6.23. The number of hydrogen-bond acceptors (Lipinski definition) is 3. The zero-order valence-electron chi connectivity index (χ0n) is 12.0. The lowest BCUT2D eigenvalue weighted by atomic mass is 10.2. The first-order valence-electron chi connectivity index (χ1n) is 6.58. The predicted octanol–water partition coefficient (Wildman–Crippen LogP) is 2.71. The third kappa shape index (κ3) is 3.85. The molecule has 1 amide bonds. The van der Waals surface area contributed by atoms with Gasteiger partial charge in [-0.1, -0.05) is 13.8 Å². The maximum absolute atomic E-state index is 12.0. The minimum atomic E-state index is -0.181. The van der Waals surface area contributed by atoms with Crippen LogP contribution in [-0.4, -0.2) is 22.3 Å². The second-order valence-electron chi connectivity index (χ2n) is 5.06. The Morgan fingerprint density at radius 3 is 2.55 bits per heavy atom. The molecule has 1 heterocycles. The normalized spacial score (nSPS) is 10.6. The molecule has 0 unspecified atom stereocenters. The standard InChI is InChI=1S/C15H19N3O2/c1-11(2)10-20-13-6-4-12(5-7-13)15(19)16-14-8-9-18(3)17-14/h4-9,11H,10H2,1-3H3,(H,16,17,19). The van der Waals surface area contributed by atoms with Crippen molar-refractivity contribution in [3.8, 4) is 5.75 Å². The maximum atomic E-state index is 12.0. The molecule has 0 atom stereocenters. The van der Waals surface area contributed by atoms with Crippen LogP contribution >= 0.6 is 0 Å². The number of nitrogens with one attached hydrogen (secondary N) is 1. The van der Waals surface area contributed by atoms with Crippen LogP contribution < -0.4 is 10.1 Å². The molecule has 1 aromatic heterocycles. The molecule has 0 aliphatic rings. The Labute approximate surface area is 118 Å². The molecule has 2 aromatic rings. The molecular weight excluding hydrogens is 254 g/mol. The van der Waals surface area contributed by atoms with Gasteiger partial charge in [-0.3, -0.25) is 9.48 Å². The number of aryl methyl sites for hydroxylation is 1. The van der Waals surface area contributed by atoms with Gasteiger partial charge in [-0.05, 0) is 30.2 Å². The van der Waals surface area contributed by atoms with E-state index in [9.17, 15) is 4.79 Å². The molecule has 1 N–H and O–H groups in total. The van der Waals surface area contributed by atoms with Gasteiger partial charge in [0.25, 0.3) is 5.91 Å². The fourth-order valence-corrected chi connectivity index (χ4v) is 1.64. The second-order valence-corrected chi connectivity index (χ2v) is 5.06. The number of ether oxygens (including phenoxy) is 1. The van der Waals surface area contributed by atoms with E-state index in [0.717, 1.165) is 5.75 Å². The van der Waals surface area contributed by atoms with Gasteiger partial charge in [0, 0.05) is 24.9 Å². The Morgan fingerprint density at radius 2 is 2.00 bits per heavy atom. The van der Waals surface area contributed by atoms with Crippen molar-refractivity contribution in [1.82, 2.24) is 9.78 Å². The van der Waals surface area contributed by atoms with E-state index in [4.69, 9.17) is 4.74 Å². The third-order valence-corrected chi connectivity index (χ3v) is 2.66. The first-order chi connectivity index (χ1) is 9.54. The van der Waals surface area contributed by atoms with Gasteiger partial charge >= 0.3 is 0 Å². The molecule has 0 fully saturated rings. The monoisotopic (exact) mass is 273 g/mol. The number of amides is 1. The van der Waals surface area contributed by atoms with E-state index >= 15 is 0 Å². The molecule has 0 saturated carbocycles. The van der Waals surface area contributed by atoms with Gasteiger partial charge in [0.2, 0.25) is 0 Å². The Balaban J connectivity index is 1.96. The first-order valence-corrected chi connectivity index (χ1v) is 6.58. The highest BCUT2D eigenvalue weighted by Gasteiger charge is 2.07. The molecule has 0 bridgehead atoms. The van der Waals surface area contributed by atoms with Crippen LogP contribution in [0, 0.1) is 5.92 Å². The number of aromatic nitrogens is 2. The zero-order chi connectivity index (χ0) is 14.5. The topological polar surface area (TPSA) is 56.1 Å². The Bertz CT molecular complexity index is 573. The summed E-state index contributed by atoms with van der Waals surface area (Å²) in [5.74, 6) is 1.60. The molecular formula is C15H19N3O2. The highest BCUT2D eigenvalue weighted by molar-refractivity contribution is 6.03. The Kier molecular flexibility index (Phi) is 4.40. The number of anilines is 1. The van der Waals surface area contributed by atoms with Gasteiger partial charge < -0.3 is 10.1 Å². The number of carbonyl (C=O) groups excluding carboxylic acids is 1. The highest BCUT2D eigenvalue weighted by Crippen LogP contribution is 2.14. The Morgan fingerprint density at radius 1 is 1.30 bits per heavy atom. The summed E-state index contributed by atoms with van der Waals surface area (Å²) >= 11 is 0. The molecule has 0 radical (unpaired) electrons. The van der Waals surface area contributed by atoms with E-state index in [1.54, 1.807) is 48.3 Å². The number of benzene rings is 1. The molecule has 0 aliphatic heterocycles. The molecule has 20 heavy (non-hydrogen) atoms. The van der Waals surface area contributed by atoms with Crippen LogP contribution in [0.3, 0.4) is 0 Å². The van der Waals surface area contributed by atoms with Gasteiger partial charge in [0.05, 0.1) is 6.61 Å². The first kappa shape index (κ1) is 14.1. The molecule has 106 valence electrons. The number of nitrogens with zero attached hydrogens (tertiary/aromatic N) is 2. The minimum Gasteiger partial charge on any atom is -0.493 e. The largest absolute Gasteiger partial charge is 0.493 e. The number of carbonyl (C=O) groups is 1. The third-order valence-electron chi connectivity index (χ3n) is 2.66. The number of rotatable bonds is 5. The quantitative estimate of drug-likeness (QED) is 0.911. The molecule has 5 heteroatoms. The molecule has 2 rings (SSSR count). The van der Waals surface area contributed by atoms with Crippen molar-refractivity contribution >= 4 is 11.7 Å². The number of hydrogen-bond donors (Lipinski definition) is 1. The van der Waals surface area contributed by atoms with Crippen molar-refractivity contribution in [2.24, 2.45) is 13.0 Å². The summed E-state index contributed by atoms with van der Waals surface area (Å²) in [7, 11) is 1.80. The maximum Gasteiger partial charge on any atom is 0.256 e. The van der Waals surface area contributed by atoms with Gasteiger partial charge in [-0.15, -0.1) is 0 Å². The summed E-state index contributed by atoms with van der Waals surface area (Å²) in [4.78, 5) is 12.0. The smallest absolute Gasteiger partial charge is 0.256 e. The van der Waals surface area contributed by atoms with Crippen LogP contribution in [0.4, 0.5) is 5.82 Å². The SMILES string of the molecule is CC(C)COc1ccc(C(=O)Nc2ccn(C)n2)cc1. The van der Waals surface area contributed by atoms with Crippen LogP contribution in [0.5, 0.6) is 5.75 Å². The average Bonchev–Trinajstić information content (AvgIpc) is 2.82. The zero-order valence-corrected chi connectivity index (χ0v) is 12.0. The fraction of sp³-hybridized carbons (Fsp3) is 0.333. The molecule has 0 aliphatic carbocycles. The lowest BCUT2D eigenvalue weighted by Crippen LogP contribution is -2.12. The summed E-state index contributed by atoms with van der Waals surface area (Å²) < 4.78 is 7.21. The average molecular weight is 273 g/mol. The van der Waals surface area contributed by atoms with Crippen LogP contribution in [0.1, 0.15) is 24.2 Å². The van der Waals surface area contributed by atoms with Gasteiger partial charge in [-0.25, -0.2) is 0 Å². The lowest BCUT2D eigenvalue weighted by molar-refractivity contribution is 0.102. The van der Waals surface area contributed by atoms with Crippen LogP contribution in [0.25, 0.3) is 0 Å². The van der Waals surface area contributed by atoms with E-state index in [0.29, 0.717) is 23.9 Å². The van der Waals surface area contributed by atoms with Crippen molar-refractivity contribution in [3.05, 3.63) is 42.1 Å². The van der Waals surface area contributed by atoms with Gasteiger partial charge in [0.1, 0.15) is 5.75 Å². The Hall–Kier alpha value is -2.30. The van der Waals surface area contributed by atoms with Crippen LogP contribution in [0.15, 0.2) is 36.5 Å². The lowest BCUT2D eigenvalue weighted by Gasteiger charge is -2.09. The van der Waals surface area contributed by atoms with Crippen molar-refractivity contribution in [2.45, 2.75) is 13.8 Å². The summed E-state index contributed by atoms with van der Waals surface area (Å²) in [6.45, 7) is 4.85. The van der Waals surface area contributed by atoms with Crippen molar-refractivity contribution in [2.75, 3.05) is 11.9 Å². The molecule has 0 spiro atoms. The predicted molar refractivity (Wildman–Crippen MR) is 77.9 cm³/mol. The van der Waals surface area contributed by atoms with E-state index in [2.05, 4.69) is 24.3 Å².